The number of hydrogen-bond acceptors (Lipinski definition) is 4. The average molecular weight is 345 g/mol. The van der Waals surface area contributed by atoms with Crippen molar-refractivity contribution in [1.29, 1.82) is 0 Å². The molecule has 0 aliphatic rings. The molecule has 122 valence electrons. The standard InChI is InChI=1S/C17H13ClN2O4/c1-8-3-9(2)5-10(4-8)15-16(21)11-6-14(20(23)24)12(18)7-13(11)19-17(15)22/h3-7H,1-2H3,(H2,19,21,22). The van der Waals surface area contributed by atoms with Gasteiger partial charge in [0.1, 0.15) is 10.8 Å². The van der Waals surface area contributed by atoms with Crippen LogP contribution in [0.15, 0.2) is 35.1 Å². The fraction of sp³-hybridized carbons (Fsp3) is 0.118. The molecule has 0 saturated heterocycles. The number of H-pyrrole nitrogens is 1. The first-order chi connectivity index (χ1) is 11.3. The SMILES string of the molecule is Cc1cc(C)cc(-c2c(O)c3cc([N+](=O)[O-])c(Cl)cc3[nH]c2=O)c1. The minimum atomic E-state index is -0.636. The zero-order valence-electron chi connectivity index (χ0n) is 12.9. The highest BCUT2D eigenvalue weighted by atomic mass is 35.5. The fourth-order valence-corrected chi connectivity index (χ4v) is 3.05. The Bertz CT molecular complexity index is 1040. The second-order valence-electron chi connectivity index (χ2n) is 5.66. The Morgan fingerprint density at radius 3 is 2.33 bits per heavy atom. The van der Waals surface area contributed by atoms with Crippen molar-refractivity contribution < 1.29 is 10.0 Å². The second kappa shape index (κ2) is 5.65. The predicted molar refractivity (Wildman–Crippen MR) is 92.8 cm³/mol. The van der Waals surface area contributed by atoms with E-state index in [-0.39, 0.29) is 32.9 Å². The van der Waals surface area contributed by atoms with Crippen molar-refractivity contribution in [2.45, 2.75) is 13.8 Å². The molecule has 7 heteroatoms. The van der Waals surface area contributed by atoms with Gasteiger partial charge in [-0.1, -0.05) is 40.9 Å². The Hall–Kier alpha value is -2.86. The van der Waals surface area contributed by atoms with Crippen molar-refractivity contribution in [2.75, 3.05) is 0 Å². The molecule has 0 aliphatic heterocycles. The summed E-state index contributed by atoms with van der Waals surface area (Å²) in [5, 5.41) is 21.7. The molecule has 0 unspecified atom stereocenters. The number of aromatic amines is 1. The molecule has 24 heavy (non-hydrogen) atoms. The number of nitro benzene ring substituents is 1. The van der Waals surface area contributed by atoms with E-state index in [1.54, 1.807) is 12.1 Å². The maximum atomic E-state index is 12.4. The number of nitrogens with one attached hydrogen (secondary N) is 1. The third-order valence-electron chi connectivity index (χ3n) is 3.76. The number of aromatic hydroxyl groups is 1. The summed E-state index contributed by atoms with van der Waals surface area (Å²) in [5.41, 5.74) is 1.91. The van der Waals surface area contributed by atoms with Crippen molar-refractivity contribution >= 4 is 28.2 Å². The van der Waals surface area contributed by atoms with Crippen LogP contribution in [0.5, 0.6) is 5.75 Å². The first-order valence-electron chi connectivity index (χ1n) is 7.09. The fourth-order valence-electron chi connectivity index (χ4n) is 2.81. The lowest BCUT2D eigenvalue weighted by molar-refractivity contribution is -0.384. The topological polar surface area (TPSA) is 96.2 Å². The van der Waals surface area contributed by atoms with E-state index in [9.17, 15) is 20.0 Å². The van der Waals surface area contributed by atoms with E-state index in [0.717, 1.165) is 17.2 Å². The lowest BCUT2D eigenvalue weighted by Crippen LogP contribution is -2.10. The van der Waals surface area contributed by atoms with Crippen LogP contribution in [-0.2, 0) is 0 Å². The van der Waals surface area contributed by atoms with Crippen LogP contribution in [0.4, 0.5) is 5.69 Å². The minimum absolute atomic E-state index is 0.0749. The Morgan fingerprint density at radius 2 is 1.75 bits per heavy atom. The summed E-state index contributed by atoms with van der Waals surface area (Å²) in [6, 6.07) is 7.91. The number of nitrogens with zero attached hydrogens (tertiary/aromatic N) is 1. The molecule has 1 heterocycles. The van der Waals surface area contributed by atoms with Gasteiger partial charge in [0.25, 0.3) is 11.2 Å². The van der Waals surface area contributed by atoms with E-state index in [2.05, 4.69) is 4.98 Å². The first kappa shape index (κ1) is 16.0. The lowest BCUT2D eigenvalue weighted by atomic mass is 9.99. The number of pyridine rings is 1. The van der Waals surface area contributed by atoms with Gasteiger partial charge in [0.2, 0.25) is 0 Å². The molecule has 1 aromatic heterocycles. The maximum Gasteiger partial charge on any atom is 0.288 e. The predicted octanol–water partition coefficient (Wildman–Crippen LogP) is 4.08. The lowest BCUT2D eigenvalue weighted by Gasteiger charge is -2.10. The minimum Gasteiger partial charge on any atom is -0.506 e. The normalized spacial score (nSPS) is 11.0. The third kappa shape index (κ3) is 2.61. The van der Waals surface area contributed by atoms with Gasteiger partial charge in [-0.25, -0.2) is 0 Å². The quantitative estimate of drug-likeness (QED) is 0.540. The van der Waals surface area contributed by atoms with E-state index >= 15 is 0 Å². The number of rotatable bonds is 2. The summed E-state index contributed by atoms with van der Waals surface area (Å²) in [4.78, 5) is 25.5. The van der Waals surface area contributed by atoms with Crippen molar-refractivity contribution in [1.82, 2.24) is 4.98 Å². The van der Waals surface area contributed by atoms with Crippen LogP contribution in [0.3, 0.4) is 0 Å². The molecule has 0 spiro atoms. The van der Waals surface area contributed by atoms with Gasteiger partial charge in [-0.3, -0.25) is 14.9 Å². The number of benzene rings is 2. The van der Waals surface area contributed by atoms with Gasteiger partial charge in [0, 0.05) is 11.5 Å². The number of aryl methyl sites for hydroxylation is 2. The second-order valence-corrected chi connectivity index (χ2v) is 6.07. The van der Waals surface area contributed by atoms with E-state index < -0.39 is 10.5 Å². The summed E-state index contributed by atoms with van der Waals surface area (Å²) in [7, 11) is 0. The summed E-state index contributed by atoms with van der Waals surface area (Å²) in [6.07, 6.45) is 0. The highest BCUT2D eigenvalue weighted by Gasteiger charge is 2.20. The van der Waals surface area contributed by atoms with Crippen molar-refractivity contribution in [2.24, 2.45) is 0 Å². The zero-order valence-corrected chi connectivity index (χ0v) is 13.6. The summed E-state index contributed by atoms with van der Waals surface area (Å²) in [5.74, 6) is -0.307. The molecular weight excluding hydrogens is 332 g/mol. The van der Waals surface area contributed by atoms with Gasteiger partial charge in [-0.05, 0) is 25.5 Å². The first-order valence-corrected chi connectivity index (χ1v) is 7.47. The molecule has 0 bridgehead atoms. The summed E-state index contributed by atoms with van der Waals surface area (Å²) < 4.78 is 0. The zero-order chi connectivity index (χ0) is 17.6. The Labute approximate surface area is 141 Å². The van der Waals surface area contributed by atoms with Crippen molar-refractivity contribution in [3.63, 3.8) is 0 Å². The van der Waals surface area contributed by atoms with Crippen LogP contribution in [0.2, 0.25) is 5.02 Å². The average Bonchev–Trinajstić information content (AvgIpc) is 2.45. The van der Waals surface area contributed by atoms with Gasteiger partial charge in [-0.15, -0.1) is 0 Å². The number of hydrogen-bond donors (Lipinski definition) is 2. The van der Waals surface area contributed by atoms with Gasteiger partial charge in [-0.2, -0.15) is 0 Å². The molecule has 3 rings (SSSR count). The highest BCUT2D eigenvalue weighted by molar-refractivity contribution is 6.33. The molecule has 2 aromatic carbocycles. The molecule has 0 aliphatic carbocycles. The van der Waals surface area contributed by atoms with Gasteiger partial charge in [0.05, 0.1) is 16.0 Å². The molecule has 6 nitrogen and oxygen atoms in total. The van der Waals surface area contributed by atoms with Crippen LogP contribution >= 0.6 is 11.6 Å². The molecule has 0 atom stereocenters. The van der Waals surface area contributed by atoms with Crippen molar-refractivity contribution in [3.8, 4) is 16.9 Å². The molecule has 3 aromatic rings. The van der Waals surface area contributed by atoms with Gasteiger partial charge < -0.3 is 10.1 Å². The summed E-state index contributed by atoms with van der Waals surface area (Å²) >= 11 is 5.86. The van der Waals surface area contributed by atoms with E-state index in [1.807, 2.05) is 19.9 Å². The number of halogens is 1. The Kier molecular flexibility index (Phi) is 3.77. The molecule has 0 fully saturated rings. The monoisotopic (exact) mass is 344 g/mol. The molecule has 2 N–H and O–H groups in total. The number of aromatic nitrogens is 1. The molecular formula is C17H13ClN2O4. The van der Waals surface area contributed by atoms with Crippen LogP contribution in [0.25, 0.3) is 22.0 Å². The Balaban J connectivity index is 2.39. The molecule has 0 saturated carbocycles. The maximum absolute atomic E-state index is 12.4. The van der Waals surface area contributed by atoms with E-state index in [4.69, 9.17) is 11.6 Å². The molecule has 0 radical (unpaired) electrons. The van der Waals surface area contributed by atoms with Gasteiger partial charge >= 0.3 is 0 Å². The number of fused-ring (bicyclic) bond motifs is 1. The number of nitro groups is 1. The van der Waals surface area contributed by atoms with Crippen LogP contribution in [0, 0.1) is 24.0 Å². The van der Waals surface area contributed by atoms with Crippen LogP contribution in [0.1, 0.15) is 11.1 Å². The van der Waals surface area contributed by atoms with E-state index in [1.165, 1.54) is 6.07 Å². The summed E-state index contributed by atoms with van der Waals surface area (Å²) in [6.45, 7) is 3.76. The smallest absolute Gasteiger partial charge is 0.288 e. The van der Waals surface area contributed by atoms with Gasteiger partial charge in [0.15, 0.2) is 0 Å². The van der Waals surface area contributed by atoms with Crippen molar-refractivity contribution in [3.05, 3.63) is 66.9 Å². The third-order valence-corrected chi connectivity index (χ3v) is 4.06. The molecule has 0 amide bonds. The Morgan fingerprint density at radius 1 is 1.12 bits per heavy atom. The van der Waals surface area contributed by atoms with Crippen LogP contribution < -0.4 is 5.56 Å². The van der Waals surface area contributed by atoms with Crippen LogP contribution in [-0.4, -0.2) is 15.0 Å². The highest BCUT2D eigenvalue weighted by Crippen LogP contribution is 2.37. The largest absolute Gasteiger partial charge is 0.506 e. The van der Waals surface area contributed by atoms with E-state index in [0.29, 0.717) is 5.56 Å².